The molecule has 0 spiro atoms. The van der Waals surface area contributed by atoms with E-state index in [2.05, 4.69) is 4.98 Å². The maximum atomic E-state index is 13.4. The van der Waals surface area contributed by atoms with Gasteiger partial charge in [-0.05, 0) is 49.9 Å². The predicted octanol–water partition coefficient (Wildman–Crippen LogP) is 4.04. The van der Waals surface area contributed by atoms with Gasteiger partial charge in [0.05, 0.1) is 41.7 Å². The Morgan fingerprint density at radius 3 is 2.69 bits per heavy atom. The summed E-state index contributed by atoms with van der Waals surface area (Å²) in [5.41, 5.74) is 8.95. The standard InChI is InChI=1S/C23H23ClFN5O2/c24-14-3-6-17-16(11-14)21(22(26)31)20(28(17)10-2-1-8-25)13-29-19-12-27-9-7-18(19)30(23(29)32)15-4-5-15/h3,6-7,9,11-12,15H,1-2,4-5,8,10,13H2,(H2,26,31). The highest BCUT2D eigenvalue weighted by atomic mass is 35.5. The van der Waals surface area contributed by atoms with E-state index in [1.165, 1.54) is 0 Å². The molecule has 3 aromatic heterocycles. The van der Waals surface area contributed by atoms with Crippen LogP contribution in [0.4, 0.5) is 4.39 Å². The van der Waals surface area contributed by atoms with Crippen molar-refractivity contribution in [3.8, 4) is 0 Å². The van der Waals surface area contributed by atoms with Crippen LogP contribution in [0.5, 0.6) is 0 Å². The van der Waals surface area contributed by atoms with E-state index in [9.17, 15) is 14.0 Å². The minimum absolute atomic E-state index is 0.135. The highest BCUT2D eigenvalue weighted by molar-refractivity contribution is 6.31. The van der Waals surface area contributed by atoms with Gasteiger partial charge in [-0.25, -0.2) is 4.79 Å². The number of carbonyl (C=O) groups excluding carboxylic acids is 1. The number of imidazole rings is 1. The zero-order chi connectivity index (χ0) is 22.4. The van der Waals surface area contributed by atoms with Gasteiger partial charge in [0, 0.05) is 34.7 Å². The molecular formula is C23H23ClFN5O2. The Bertz CT molecular complexity index is 1400. The van der Waals surface area contributed by atoms with Crippen molar-refractivity contribution < 1.29 is 9.18 Å². The van der Waals surface area contributed by atoms with Crippen LogP contribution in [0.2, 0.25) is 5.02 Å². The normalized spacial score (nSPS) is 13.9. The van der Waals surface area contributed by atoms with E-state index in [1.807, 2.05) is 21.3 Å². The fourth-order valence-electron chi connectivity index (χ4n) is 4.55. The zero-order valence-corrected chi connectivity index (χ0v) is 18.2. The van der Waals surface area contributed by atoms with E-state index >= 15 is 0 Å². The van der Waals surface area contributed by atoms with Gasteiger partial charge < -0.3 is 10.3 Å². The average Bonchev–Trinajstić information content (AvgIpc) is 3.50. The number of primary amides is 1. The van der Waals surface area contributed by atoms with Crippen molar-refractivity contribution in [3.63, 3.8) is 0 Å². The number of fused-ring (bicyclic) bond motifs is 2. The fraction of sp³-hybridized carbons (Fsp3) is 0.348. The second-order valence-electron chi connectivity index (χ2n) is 8.23. The first-order valence-corrected chi connectivity index (χ1v) is 11.1. The van der Waals surface area contributed by atoms with Gasteiger partial charge >= 0.3 is 5.69 Å². The van der Waals surface area contributed by atoms with Crippen LogP contribution in [-0.4, -0.2) is 31.3 Å². The van der Waals surface area contributed by atoms with E-state index in [1.54, 1.807) is 29.1 Å². The Labute approximate surface area is 188 Å². The van der Waals surface area contributed by atoms with E-state index in [0.29, 0.717) is 46.6 Å². The topological polar surface area (TPSA) is 87.8 Å². The summed E-state index contributed by atoms with van der Waals surface area (Å²) in [4.78, 5) is 30.2. The lowest BCUT2D eigenvalue weighted by molar-refractivity contribution is 0.100. The van der Waals surface area contributed by atoms with Gasteiger partial charge in [0.2, 0.25) is 0 Å². The molecule has 166 valence electrons. The highest BCUT2D eigenvalue weighted by Gasteiger charge is 2.30. The molecule has 0 atom stereocenters. The molecule has 1 aliphatic carbocycles. The number of alkyl halides is 1. The number of halogens is 2. The first-order valence-electron chi connectivity index (χ1n) is 10.7. The van der Waals surface area contributed by atoms with Gasteiger partial charge in [-0.2, -0.15) is 0 Å². The first-order chi connectivity index (χ1) is 15.5. The van der Waals surface area contributed by atoms with E-state index in [4.69, 9.17) is 17.3 Å². The summed E-state index contributed by atoms with van der Waals surface area (Å²) in [5, 5.41) is 1.12. The Morgan fingerprint density at radius 1 is 1.16 bits per heavy atom. The molecule has 0 bridgehead atoms. The van der Waals surface area contributed by atoms with Crippen LogP contribution in [0.1, 0.15) is 47.8 Å². The van der Waals surface area contributed by atoms with Crippen LogP contribution in [0.15, 0.2) is 41.5 Å². The number of nitrogens with two attached hydrogens (primary N) is 1. The maximum Gasteiger partial charge on any atom is 0.329 e. The Hall–Kier alpha value is -3.13. The molecule has 32 heavy (non-hydrogen) atoms. The number of benzene rings is 1. The summed E-state index contributed by atoms with van der Waals surface area (Å²) in [5.74, 6) is -0.589. The molecule has 1 fully saturated rings. The Balaban J connectivity index is 1.73. The summed E-state index contributed by atoms with van der Waals surface area (Å²) in [6.07, 6.45) is 6.28. The number of hydrogen-bond donors (Lipinski definition) is 1. The van der Waals surface area contributed by atoms with Crippen molar-refractivity contribution in [1.29, 1.82) is 0 Å². The number of rotatable bonds is 8. The smallest absolute Gasteiger partial charge is 0.329 e. The lowest BCUT2D eigenvalue weighted by Crippen LogP contribution is -2.26. The van der Waals surface area contributed by atoms with Crippen molar-refractivity contribution in [2.24, 2.45) is 5.73 Å². The molecule has 1 amide bonds. The zero-order valence-electron chi connectivity index (χ0n) is 17.4. The van der Waals surface area contributed by atoms with Crippen LogP contribution in [0.3, 0.4) is 0 Å². The fourth-order valence-corrected chi connectivity index (χ4v) is 4.73. The number of carbonyl (C=O) groups is 1. The Morgan fingerprint density at radius 2 is 1.97 bits per heavy atom. The lowest BCUT2D eigenvalue weighted by atomic mass is 10.1. The SMILES string of the molecule is NC(=O)c1c(Cn2c(=O)n(C3CC3)c3ccncc32)n(CCCCF)c2ccc(Cl)cc12. The molecule has 0 radical (unpaired) electrons. The van der Waals surface area contributed by atoms with Gasteiger partial charge in [0.25, 0.3) is 5.91 Å². The third kappa shape index (κ3) is 3.39. The summed E-state index contributed by atoms with van der Waals surface area (Å²) in [6, 6.07) is 7.33. The van der Waals surface area contributed by atoms with E-state index in [-0.39, 0.29) is 18.3 Å². The number of amides is 1. The van der Waals surface area contributed by atoms with Crippen LogP contribution in [-0.2, 0) is 13.1 Å². The molecule has 0 saturated heterocycles. The van der Waals surface area contributed by atoms with Crippen molar-refractivity contribution in [2.75, 3.05) is 6.67 Å². The number of aromatic nitrogens is 4. The van der Waals surface area contributed by atoms with E-state index in [0.717, 1.165) is 23.9 Å². The molecule has 5 rings (SSSR count). The van der Waals surface area contributed by atoms with Crippen molar-refractivity contribution in [1.82, 2.24) is 18.7 Å². The minimum Gasteiger partial charge on any atom is -0.366 e. The average molecular weight is 456 g/mol. The lowest BCUT2D eigenvalue weighted by Gasteiger charge is -2.12. The first kappa shape index (κ1) is 20.8. The molecule has 4 aromatic rings. The summed E-state index contributed by atoms with van der Waals surface area (Å²) >= 11 is 6.21. The Kier molecular flexibility index (Phi) is 5.25. The number of pyridine rings is 1. The van der Waals surface area contributed by atoms with Gasteiger partial charge in [-0.1, -0.05) is 11.6 Å². The van der Waals surface area contributed by atoms with Crippen molar-refractivity contribution in [3.05, 3.63) is 63.4 Å². The van der Waals surface area contributed by atoms with Crippen LogP contribution < -0.4 is 11.4 Å². The molecule has 0 unspecified atom stereocenters. The third-order valence-electron chi connectivity index (χ3n) is 6.13. The van der Waals surface area contributed by atoms with Gasteiger partial charge in [-0.3, -0.25) is 23.3 Å². The summed E-state index contributed by atoms with van der Waals surface area (Å²) < 4.78 is 18.2. The number of unbranched alkanes of at least 4 members (excludes halogenated alkanes) is 1. The molecule has 2 N–H and O–H groups in total. The van der Waals surface area contributed by atoms with Crippen LogP contribution in [0, 0.1) is 0 Å². The minimum atomic E-state index is -0.589. The number of aryl methyl sites for hydroxylation is 1. The molecule has 7 nitrogen and oxygen atoms in total. The van der Waals surface area contributed by atoms with Crippen LogP contribution >= 0.6 is 11.6 Å². The molecule has 1 saturated carbocycles. The van der Waals surface area contributed by atoms with Gasteiger partial charge in [-0.15, -0.1) is 0 Å². The second kappa shape index (κ2) is 8.09. The molecule has 9 heteroatoms. The van der Waals surface area contributed by atoms with Crippen molar-refractivity contribution >= 4 is 39.4 Å². The second-order valence-corrected chi connectivity index (χ2v) is 8.67. The number of hydrogen-bond acceptors (Lipinski definition) is 3. The van der Waals surface area contributed by atoms with Gasteiger partial charge in [0.1, 0.15) is 0 Å². The maximum absolute atomic E-state index is 13.4. The molecular weight excluding hydrogens is 433 g/mol. The van der Waals surface area contributed by atoms with Crippen molar-refractivity contribution in [2.45, 2.75) is 44.8 Å². The molecule has 1 aromatic carbocycles. The van der Waals surface area contributed by atoms with Gasteiger partial charge in [0.15, 0.2) is 0 Å². The van der Waals surface area contributed by atoms with Crippen LogP contribution in [0.25, 0.3) is 21.9 Å². The summed E-state index contributed by atoms with van der Waals surface area (Å²) in [6.45, 7) is 0.239. The summed E-state index contributed by atoms with van der Waals surface area (Å²) in [7, 11) is 0. The largest absolute Gasteiger partial charge is 0.366 e. The molecule has 1 aliphatic rings. The highest BCUT2D eigenvalue weighted by Crippen LogP contribution is 2.36. The quantitative estimate of drug-likeness (QED) is 0.407. The molecule has 3 heterocycles. The monoisotopic (exact) mass is 455 g/mol. The number of nitrogens with zero attached hydrogens (tertiary/aromatic N) is 4. The van der Waals surface area contributed by atoms with E-state index < -0.39 is 12.6 Å². The molecule has 0 aliphatic heterocycles. The predicted molar refractivity (Wildman–Crippen MR) is 122 cm³/mol. The third-order valence-corrected chi connectivity index (χ3v) is 6.36.